The van der Waals surface area contributed by atoms with E-state index < -0.39 is 5.97 Å². The lowest BCUT2D eigenvalue weighted by molar-refractivity contribution is 0.0603. The molecule has 18 heavy (non-hydrogen) atoms. The second-order valence-electron chi connectivity index (χ2n) is 3.92. The van der Waals surface area contributed by atoms with Crippen molar-refractivity contribution in [3.63, 3.8) is 0 Å². The Bertz CT molecular complexity index is 468. The van der Waals surface area contributed by atoms with Crippen LogP contribution < -0.4 is 16.4 Å². The third-order valence-electron chi connectivity index (χ3n) is 2.19. The van der Waals surface area contributed by atoms with E-state index in [1.54, 1.807) is 0 Å². The van der Waals surface area contributed by atoms with E-state index in [2.05, 4.69) is 15.4 Å². The molecule has 0 aliphatic rings. The van der Waals surface area contributed by atoms with E-state index in [1.165, 1.54) is 14.2 Å². The summed E-state index contributed by atoms with van der Waals surface area (Å²) < 4.78 is 4.68. The highest BCUT2D eigenvalue weighted by Crippen LogP contribution is 2.36. The van der Waals surface area contributed by atoms with Crippen molar-refractivity contribution in [3.05, 3.63) is 10.4 Å². The fraction of sp³-hybridized carbons (Fsp3) is 0.455. The standard InChI is InChI=1S/C11H17N3O3S/c1-5(2)14-10-6(11(16)17-4)7(12)8(18-10)9(15)13-3/h5,14H,12H2,1-4H3,(H,13,15). The summed E-state index contributed by atoms with van der Waals surface area (Å²) >= 11 is 1.14. The maximum Gasteiger partial charge on any atom is 0.343 e. The molecule has 1 rings (SSSR count). The lowest BCUT2D eigenvalue weighted by atomic mass is 10.2. The molecule has 0 aliphatic heterocycles. The van der Waals surface area contributed by atoms with Gasteiger partial charge in [-0.3, -0.25) is 4.79 Å². The minimum absolute atomic E-state index is 0.115. The second kappa shape index (κ2) is 5.72. The number of carbonyl (C=O) groups is 2. The summed E-state index contributed by atoms with van der Waals surface area (Å²) in [6.45, 7) is 3.85. The number of amides is 1. The molecule has 0 aromatic carbocycles. The molecule has 6 nitrogen and oxygen atoms in total. The number of hydrogen-bond acceptors (Lipinski definition) is 6. The number of anilines is 2. The first-order chi connectivity index (χ1) is 8.42. The summed E-state index contributed by atoms with van der Waals surface area (Å²) in [5, 5.41) is 6.12. The first-order valence-corrected chi connectivity index (χ1v) is 6.23. The van der Waals surface area contributed by atoms with Gasteiger partial charge in [-0.05, 0) is 13.8 Å². The van der Waals surface area contributed by atoms with Crippen molar-refractivity contribution < 1.29 is 14.3 Å². The number of thiophene rings is 1. The van der Waals surface area contributed by atoms with Gasteiger partial charge in [-0.25, -0.2) is 4.79 Å². The molecule has 100 valence electrons. The summed E-state index contributed by atoms with van der Waals surface area (Å²) in [6.07, 6.45) is 0. The number of nitrogens with one attached hydrogen (secondary N) is 2. The van der Waals surface area contributed by atoms with E-state index >= 15 is 0 Å². The normalized spacial score (nSPS) is 10.3. The topological polar surface area (TPSA) is 93.5 Å². The number of carbonyl (C=O) groups excluding carboxylic acids is 2. The predicted molar refractivity (Wildman–Crippen MR) is 72.2 cm³/mol. The summed E-state index contributed by atoms with van der Waals surface area (Å²) in [5.74, 6) is -0.874. The van der Waals surface area contributed by atoms with Crippen LogP contribution in [0.25, 0.3) is 0 Å². The molecule has 1 aromatic heterocycles. The smallest absolute Gasteiger partial charge is 0.343 e. The molecule has 0 radical (unpaired) electrons. The molecule has 1 aromatic rings. The zero-order valence-electron chi connectivity index (χ0n) is 10.8. The average molecular weight is 271 g/mol. The van der Waals surface area contributed by atoms with Gasteiger partial charge in [0, 0.05) is 13.1 Å². The summed E-state index contributed by atoms with van der Waals surface area (Å²) in [4.78, 5) is 23.6. The Kier molecular flexibility index (Phi) is 4.55. The van der Waals surface area contributed by atoms with Crippen LogP contribution in [0.2, 0.25) is 0 Å². The lowest BCUT2D eigenvalue weighted by Gasteiger charge is -2.09. The molecule has 1 amide bonds. The van der Waals surface area contributed by atoms with Crippen LogP contribution in [0.15, 0.2) is 0 Å². The van der Waals surface area contributed by atoms with Gasteiger partial charge in [0.15, 0.2) is 0 Å². The molecule has 0 unspecified atom stereocenters. The van der Waals surface area contributed by atoms with Gasteiger partial charge in [0.1, 0.15) is 15.4 Å². The first-order valence-electron chi connectivity index (χ1n) is 5.41. The third-order valence-corrected chi connectivity index (χ3v) is 3.32. The Morgan fingerprint density at radius 2 is 2.00 bits per heavy atom. The van der Waals surface area contributed by atoms with E-state index in [-0.39, 0.29) is 23.2 Å². The highest BCUT2D eigenvalue weighted by molar-refractivity contribution is 7.19. The fourth-order valence-corrected chi connectivity index (χ4v) is 2.60. The maximum absolute atomic E-state index is 11.7. The maximum atomic E-state index is 11.7. The van der Waals surface area contributed by atoms with Crippen molar-refractivity contribution in [3.8, 4) is 0 Å². The van der Waals surface area contributed by atoms with Crippen LogP contribution in [-0.4, -0.2) is 32.1 Å². The van der Waals surface area contributed by atoms with Crippen LogP contribution in [0.5, 0.6) is 0 Å². The number of hydrogen-bond donors (Lipinski definition) is 3. The van der Waals surface area contributed by atoms with Gasteiger partial charge in [0.2, 0.25) is 0 Å². The van der Waals surface area contributed by atoms with Gasteiger partial charge in [-0.2, -0.15) is 0 Å². The molecular weight excluding hydrogens is 254 g/mol. The highest BCUT2D eigenvalue weighted by atomic mass is 32.1. The second-order valence-corrected chi connectivity index (χ2v) is 4.94. The summed E-state index contributed by atoms with van der Waals surface area (Å²) in [7, 11) is 2.78. The monoisotopic (exact) mass is 271 g/mol. The van der Waals surface area contributed by atoms with Crippen molar-refractivity contribution in [2.75, 3.05) is 25.2 Å². The predicted octanol–water partition coefficient (Wildman–Crippen LogP) is 1.30. The van der Waals surface area contributed by atoms with Crippen LogP contribution in [0.4, 0.5) is 10.7 Å². The Hall–Kier alpha value is -1.76. The van der Waals surface area contributed by atoms with E-state index in [1.807, 2.05) is 13.8 Å². The molecule has 1 heterocycles. The number of rotatable bonds is 4. The molecule has 0 atom stereocenters. The minimum Gasteiger partial charge on any atom is -0.465 e. The molecule has 7 heteroatoms. The van der Waals surface area contributed by atoms with E-state index in [4.69, 9.17) is 5.73 Å². The first kappa shape index (κ1) is 14.3. The Balaban J connectivity index is 3.31. The van der Waals surface area contributed by atoms with Crippen LogP contribution in [0.1, 0.15) is 33.9 Å². The van der Waals surface area contributed by atoms with Crippen molar-refractivity contribution >= 4 is 33.9 Å². The SMILES string of the molecule is CNC(=O)c1sc(NC(C)C)c(C(=O)OC)c1N. The molecule has 0 saturated heterocycles. The average Bonchev–Trinajstić information content (AvgIpc) is 2.63. The summed E-state index contributed by atoms with van der Waals surface area (Å²) in [5.41, 5.74) is 6.21. The van der Waals surface area contributed by atoms with Crippen molar-refractivity contribution in [2.45, 2.75) is 19.9 Å². The van der Waals surface area contributed by atoms with E-state index in [0.717, 1.165) is 11.3 Å². The molecule has 0 spiro atoms. The zero-order valence-corrected chi connectivity index (χ0v) is 11.6. The molecule has 0 saturated carbocycles. The lowest BCUT2D eigenvalue weighted by Crippen LogP contribution is -2.18. The Labute approximate surface area is 110 Å². The van der Waals surface area contributed by atoms with Gasteiger partial charge >= 0.3 is 5.97 Å². The zero-order chi connectivity index (χ0) is 13.9. The van der Waals surface area contributed by atoms with E-state index in [9.17, 15) is 9.59 Å². The van der Waals surface area contributed by atoms with Crippen LogP contribution in [-0.2, 0) is 4.74 Å². The molecular formula is C11H17N3O3S. The number of esters is 1. The van der Waals surface area contributed by atoms with Crippen molar-refractivity contribution in [1.29, 1.82) is 0 Å². The van der Waals surface area contributed by atoms with E-state index in [0.29, 0.717) is 9.88 Å². The number of ether oxygens (including phenoxy) is 1. The molecule has 0 bridgehead atoms. The fourth-order valence-electron chi connectivity index (χ4n) is 1.39. The number of nitrogens with two attached hydrogens (primary N) is 1. The van der Waals surface area contributed by atoms with Crippen LogP contribution in [0, 0.1) is 0 Å². The number of methoxy groups -OCH3 is 1. The van der Waals surface area contributed by atoms with Gasteiger partial charge in [-0.1, -0.05) is 0 Å². The van der Waals surface area contributed by atoms with Gasteiger partial charge in [0.05, 0.1) is 12.8 Å². The molecule has 0 fully saturated rings. The summed E-state index contributed by atoms with van der Waals surface area (Å²) in [6, 6.07) is 0.115. The molecule has 4 N–H and O–H groups in total. The van der Waals surface area contributed by atoms with Gasteiger partial charge in [-0.15, -0.1) is 11.3 Å². The Morgan fingerprint density at radius 3 is 2.44 bits per heavy atom. The van der Waals surface area contributed by atoms with Gasteiger partial charge < -0.3 is 21.1 Å². The Morgan fingerprint density at radius 1 is 1.39 bits per heavy atom. The quantitative estimate of drug-likeness (QED) is 0.718. The van der Waals surface area contributed by atoms with Crippen LogP contribution >= 0.6 is 11.3 Å². The molecule has 0 aliphatic carbocycles. The van der Waals surface area contributed by atoms with Crippen molar-refractivity contribution in [2.24, 2.45) is 0 Å². The third kappa shape index (κ3) is 2.73. The largest absolute Gasteiger partial charge is 0.465 e. The number of nitrogen functional groups attached to an aromatic ring is 1. The van der Waals surface area contributed by atoms with Gasteiger partial charge in [0.25, 0.3) is 5.91 Å². The van der Waals surface area contributed by atoms with Crippen molar-refractivity contribution in [1.82, 2.24) is 5.32 Å². The highest BCUT2D eigenvalue weighted by Gasteiger charge is 2.25. The minimum atomic E-state index is -0.554. The van der Waals surface area contributed by atoms with Crippen LogP contribution in [0.3, 0.4) is 0 Å².